The van der Waals surface area contributed by atoms with Crippen molar-refractivity contribution in [1.82, 2.24) is 0 Å². The van der Waals surface area contributed by atoms with Crippen molar-refractivity contribution in [3.05, 3.63) is 65.2 Å². The standard InChI is InChI=1S/C22H31N/c1-3-5-6-7-9-22(20-14-16-21(23)17-15-20)19-12-10-18(8-4-2)11-13-19/h10-17,22H,3-9,23H2,1-2H3. The molecule has 0 fully saturated rings. The van der Waals surface area contributed by atoms with Gasteiger partial charge in [-0.2, -0.15) is 0 Å². The van der Waals surface area contributed by atoms with Crippen molar-refractivity contribution in [2.45, 2.75) is 64.7 Å². The first-order chi connectivity index (χ1) is 11.2. The van der Waals surface area contributed by atoms with Gasteiger partial charge >= 0.3 is 0 Å². The molecule has 1 atom stereocenters. The molecule has 1 unspecified atom stereocenters. The SMILES string of the molecule is CCCCCCC(c1ccc(N)cc1)c1ccc(CCC)cc1. The lowest BCUT2D eigenvalue weighted by Crippen LogP contribution is -2.02. The second-order valence-electron chi connectivity index (χ2n) is 6.56. The van der Waals surface area contributed by atoms with Gasteiger partial charge in [-0.1, -0.05) is 82.3 Å². The summed E-state index contributed by atoms with van der Waals surface area (Å²) < 4.78 is 0. The van der Waals surface area contributed by atoms with Gasteiger partial charge in [-0.25, -0.2) is 0 Å². The second-order valence-corrected chi connectivity index (χ2v) is 6.56. The van der Waals surface area contributed by atoms with Gasteiger partial charge in [0.25, 0.3) is 0 Å². The van der Waals surface area contributed by atoms with Crippen molar-refractivity contribution in [2.24, 2.45) is 0 Å². The molecule has 2 rings (SSSR count). The molecule has 2 N–H and O–H groups in total. The number of anilines is 1. The summed E-state index contributed by atoms with van der Waals surface area (Å²) in [5, 5.41) is 0. The highest BCUT2D eigenvalue weighted by molar-refractivity contribution is 5.43. The highest BCUT2D eigenvalue weighted by Crippen LogP contribution is 2.31. The molecule has 1 heteroatoms. The molecule has 1 nitrogen and oxygen atoms in total. The van der Waals surface area contributed by atoms with Crippen LogP contribution in [0.4, 0.5) is 5.69 Å². The zero-order chi connectivity index (χ0) is 16.5. The Morgan fingerprint density at radius 3 is 1.91 bits per heavy atom. The van der Waals surface area contributed by atoms with Crippen LogP contribution in [0.2, 0.25) is 0 Å². The smallest absolute Gasteiger partial charge is 0.0314 e. The largest absolute Gasteiger partial charge is 0.399 e. The molecule has 0 heterocycles. The van der Waals surface area contributed by atoms with Gasteiger partial charge < -0.3 is 5.73 Å². The van der Waals surface area contributed by atoms with E-state index in [-0.39, 0.29) is 0 Å². The topological polar surface area (TPSA) is 26.0 Å². The summed E-state index contributed by atoms with van der Waals surface area (Å²) >= 11 is 0. The number of hydrogen-bond acceptors (Lipinski definition) is 1. The Labute approximate surface area is 141 Å². The molecule has 0 bridgehead atoms. The Morgan fingerprint density at radius 2 is 1.35 bits per heavy atom. The Kier molecular flexibility index (Phi) is 7.19. The lowest BCUT2D eigenvalue weighted by molar-refractivity contribution is 0.596. The first kappa shape index (κ1) is 17.6. The maximum Gasteiger partial charge on any atom is 0.0314 e. The molecule has 0 aliphatic heterocycles. The number of aryl methyl sites for hydroxylation is 1. The maximum atomic E-state index is 5.86. The van der Waals surface area contributed by atoms with Crippen LogP contribution in [0.15, 0.2) is 48.5 Å². The first-order valence-corrected chi connectivity index (χ1v) is 9.18. The van der Waals surface area contributed by atoms with E-state index in [1.807, 2.05) is 12.1 Å². The van der Waals surface area contributed by atoms with E-state index in [0.29, 0.717) is 5.92 Å². The molecule has 0 aliphatic rings. The fourth-order valence-corrected chi connectivity index (χ4v) is 3.23. The summed E-state index contributed by atoms with van der Waals surface area (Å²) in [6.45, 7) is 4.50. The fourth-order valence-electron chi connectivity index (χ4n) is 3.23. The van der Waals surface area contributed by atoms with Crippen LogP contribution >= 0.6 is 0 Å². The molecule has 0 amide bonds. The molecule has 0 aliphatic carbocycles. The van der Waals surface area contributed by atoms with Crippen molar-refractivity contribution in [2.75, 3.05) is 5.73 Å². The molecule has 0 spiro atoms. The molecular formula is C22H31N. The Hall–Kier alpha value is -1.76. The van der Waals surface area contributed by atoms with Gasteiger partial charge in [0.15, 0.2) is 0 Å². The molecule has 124 valence electrons. The minimum Gasteiger partial charge on any atom is -0.399 e. The zero-order valence-corrected chi connectivity index (χ0v) is 14.7. The lowest BCUT2D eigenvalue weighted by atomic mass is 9.86. The maximum absolute atomic E-state index is 5.86. The van der Waals surface area contributed by atoms with Crippen LogP contribution in [-0.2, 0) is 6.42 Å². The number of unbranched alkanes of at least 4 members (excludes halogenated alkanes) is 3. The third-order valence-corrected chi connectivity index (χ3v) is 4.61. The van der Waals surface area contributed by atoms with Gasteiger partial charge in [0.05, 0.1) is 0 Å². The average Bonchev–Trinajstić information content (AvgIpc) is 2.57. The minimum absolute atomic E-state index is 0.489. The van der Waals surface area contributed by atoms with Crippen molar-refractivity contribution >= 4 is 5.69 Å². The Balaban J connectivity index is 2.16. The fraction of sp³-hybridized carbons (Fsp3) is 0.455. The van der Waals surface area contributed by atoms with Crippen LogP contribution in [0.3, 0.4) is 0 Å². The van der Waals surface area contributed by atoms with E-state index in [1.54, 1.807) is 0 Å². The number of hydrogen-bond donors (Lipinski definition) is 1. The van der Waals surface area contributed by atoms with Crippen molar-refractivity contribution in [3.8, 4) is 0 Å². The monoisotopic (exact) mass is 309 g/mol. The van der Waals surface area contributed by atoms with Crippen molar-refractivity contribution in [1.29, 1.82) is 0 Å². The van der Waals surface area contributed by atoms with Crippen molar-refractivity contribution < 1.29 is 0 Å². The van der Waals surface area contributed by atoms with Gasteiger partial charge in [0, 0.05) is 11.6 Å². The summed E-state index contributed by atoms with van der Waals surface area (Å²) in [6.07, 6.45) is 8.84. The minimum atomic E-state index is 0.489. The highest BCUT2D eigenvalue weighted by atomic mass is 14.5. The average molecular weight is 309 g/mol. The van der Waals surface area contributed by atoms with Gasteiger partial charge in [-0.15, -0.1) is 0 Å². The zero-order valence-electron chi connectivity index (χ0n) is 14.7. The number of rotatable bonds is 9. The molecule has 0 aromatic heterocycles. The second kappa shape index (κ2) is 9.39. The Morgan fingerprint density at radius 1 is 0.739 bits per heavy atom. The normalized spacial score (nSPS) is 12.3. The molecule has 2 aromatic carbocycles. The van der Waals surface area contributed by atoms with E-state index in [9.17, 15) is 0 Å². The summed E-state index contributed by atoms with van der Waals surface area (Å²) in [6, 6.07) is 17.7. The third-order valence-electron chi connectivity index (χ3n) is 4.61. The summed E-state index contributed by atoms with van der Waals surface area (Å²) in [5.41, 5.74) is 11.0. The van der Waals surface area contributed by atoms with Gasteiger partial charge in [0.1, 0.15) is 0 Å². The summed E-state index contributed by atoms with van der Waals surface area (Å²) in [7, 11) is 0. The van der Waals surface area contributed by atoms with Gasteiger partial charge in [-0.05, 0) is 41.7 Å². The van der Waals surface area contributed by atoms with Crippen molar-refractivity contribution in [3.63, 3.8) is 0 Å². The number of benzene rings is 2. The molecule has 0 saturated heterocycles. The quantitative estimate of drug-likeness (QED) is 0.425. The molecule has 2 aromatic rings. The molecule has 0 radical (unpaired) electrons. The van der Waals surface area contributed by atoms with Crippen LogP contribution in [0, 0.1) is 0 Å². The van der Waals surface area contributed by atoms with E-state index in [1.165, 1.54) is 61.6 Å². The lowest BCUT2D eigenvalue weighted by Gasteiger charge is -2.19. The number of nitrogens with two attached hydrogens (primary N) is 1. The predicted octanol–water partition coefficient (Wildman–Crippen LogP) is 6.32. The van der Waals surface area contributed by atoms with Gasteiger partial charge in [-0.3, -0.25) is 0 Å². The van der Waals surface area contributed by atoms with Crippen LogP contribution in [0.1, 0.15) is 75.0 Å². The predicted molar refractivity (Wildman–Crippen MR) is 102 cm³/mol. The van der Waals surface area contributed by atoms with E-state index in [0.717, 1.165) is 5.69 Å². The van der Waals surface area contributed by atoms with Crippen LogP contribution in [-0.4, -0.2) is 0 Å². The third kappa shape index (κ3) is 5.42. The molecular weight excluding hydrogens is 278 g/mol. The molecule has 0 saturated carbocycles. The van der Waals surface area contributed by atoms with Crippen LogP contribution in [0.5, 0.6) is 0 Å². The molecule has 23 heavy (non-hydrogen) atoms. The van der Waals surface area contributed by atoms with E-state index in [4.69, 9.17) is 5.73 Å². The van der Waals surface area contributed by atoms with Crippen LogP contribution < -0.4 is 5.73 Å². The van der Waals surface area contributed by atoms with Gasteiger partial charge in [0.2, 0.25) is 0 Å². The summed E-state index contributed by atoms with van der Waals surface area (Å²) in [4.78, 5) is 0. The van der Waals surface area contributed by atoms with Crippen LogP contribution in [0.25, 0.3) is 0 Å². The highest BCUT2D eigenvalue weighted by Gasteiger charge is 2.14. The number of nitrogen functional groups attached to an aromatic ring is 1. The van der Waals surface area contributed by atoms with E-state index < -0.39 is 0 Å². The first-order valence-electron chi connectivity index (χ1n) is 9.18. The van der Waals surface area contributed by atoms with E-state index >= 15 is 0 Å². The van der Waals surface area contributed by atoms with E-state index in [2.05, 4.69) is 50.2 Å². The Bertz CT molecular complexity index is 554. The summed E-state index contributed by atoms with van der Waals surface area (Å²) in [5.74, 6) is 0.489.